The van der Waals surface area contributed by atoms with E-state index >= 15 is 0 Å². The van der Waals surface area contributed by atoms with Crippen LogP contribution in [0.1, 0.15) is 0 Å². The molecule has 0 amide bonds. The maximum absolute atomic E-state index is 5.42. The summed E-state index contributed by atoms with van der Waals surface area (Å²) in [5.74, 6) is 6.14. The summed E-state index contributed by atoms with van der Waals surface area (Å²) in [6.45, 7) is 0. The summed E-state index contributed by atoms with van der Waals surface area (Å²) in [4.78, 5) is 4.16. The number of hydrogen-bond donors (Lipinski definition) is 2. The van der Waals surface area contributed by atoms with Crippen LogP contribution in [0.2, 0.25) is 0 Å². The van der Waals surface area contributed by atoms with Gasteiger partial charge in [-0.1, -0.05) is 40.1 Å². The Hall–Kier alpha value is -2.61. The molecule has 0 aliphatic heterocycles. The third-order valence-corrected chi connectivity index (χ3v) is 2.25. The topological polar surface area (TPSA) is 107 Å². The molecule has 3 rings (SSSR count). The predicted molar refractivity (Wildman–Crippen MR) is 59.6 cm³/mol. The van der Waals surface area contributed by atoms with Crippen molar-refractivity contribution in [3.63, 3.8) is 0 Å². The van der Waals surface area contributed by atoms with Gasteiger partial charge in [0.25, 0.3) is 5.78 Å². The van der Waals surface area contributed by atoms with Crippen LogP contribution in [-0.2, 0) is 0 Å². The summed E-state index contributed by atoms with van der Waals surface area (Å²) in [7, 11) is 0. The van der Waals surface area contributed by atoms with Crippen molar-refractivity contribution >= 4 is 11.6 Å². The van der Waals surface area contributed by atoms with Crippen molar-refractivity contribution in [1.82, 2.24) is 30.2 Å². The number of fused-ring (bicyclic) bond motifs is 1. The highest BCUT2D eigenvalue weighted by molar-refractivity contribution is 5.71. The van der Waals surface area contributed by atoms with E-state index in [9.17, 15) is 0 Å². The Bertz CT molecular complexity index is 646. The summed E-state index contributed by atoms with van der Waals surface area (Å²) in [5, 5.41) is 15.1. The lowest BCUT2D eigenvalue weighted by Gasteiger charge is -2.05. The van der Waals surface area contributed by atoms with Crippen LogP contribution >= 0.6 is 0 Å². The van der Waals surface area contributed by atoms with Gasteiger partial charge in [0.1, 0.15) is 5.69 Å². The van der Waals surface area contributed by atoms with Gasteiger partial charge in [-0.25, -0.2) is 5.84 Å². The zero-order valence-electron chi connectivity index (χ0n) is 8.65. The molecule has 0 spiro atoms. The van der Waals surface area contributed by atoms with E-state index in [4.69, 9.17) is 5.84 Å². The fraction of sp³-hybridized carbons (Fsp3) is 0. The molecule has 0 unspecified atom stereocenters. The molecule has 3 aromatic rings. The van der Waals surface area contributed by atoms with Gasteiger partial charge in [0.15, 0.2) is 5.82 Å². The van der Waals surface area contributed by atoms with E-state index < -0.39 is 0 Å². The third-order valence-electron chi connectivity index (χ3n) is 2.25. The number of tetrazole rings is 1. The van der Waals surface area contributed by atoms with E-state index in [-0.39, 0.29) is 5.78 Å². The Morgan fingerprint density at radius 1 is 1.18 bits per heavy atom. The van der Waals surface area contributed by atoms with E-state index in [1.165, 1.54) is 4.63 Å². The van der Waals surface area contributed by atoms with E-state index in [0.29, 0.717) is 11.5 Å². The Morgan fingerprint density at radius 2 is 2.00 bits per heavy atom. The molecule has 0 bridgehead atoms. The van der Waals surface area contributed by atoms with Crippen LogP contribution in [0.15, 0.2) is 30.3 Å². The third kappa shape index (κ3) is 1.56. The van der Waals surface area contributed by atoms with Crippen molar-refractivity contribution < 1.29 is 0 Å². The fourth-order valence-electron chi connectivity index (χ4n) is 1.50. The highest BCUT2D eigenvalue weighted by Gasteiger charge is 2.11. The molecule has 2 aromatic heterocycles. The number of hydrazine groups is 1. The average Bonchev–Trinajstić information content (AvgIpc) is 2.85. The number of anilines is 1. The molecular formula is C9H8N8. The minimum absolute atomic E-state index is 0.289. The second-order valence-electron chi connectivity index (χ2n) is 3.29. The highest BCUT2D eigenvalue weighted by Crippen LogP contribution is 2.22. The van der Waals surface area contributed by atoms with Crippen molar-refractivity contribution in [2.24, 2.45) is 5.84 Å². The number of nitrogens with two attached hydrogens (primary N) is 1. The molecule has 17 heavy (non-hydrogen) atoms. The molecule has 0 radical (unpaired) electrons. The Morgan fingerprint density at radius 3 is 2.76 bits per heavy atom. The van der Waals surface area contributed by atoms with Crippen LogP contribution in [0, 0.1) is 0 Å². The Labute approximate surface area is 95.4 Å². The first kappa shape index (κ1) is 9.60. The molecule has 84 valence electrons. The lowest BCUT2D eigenvalue weighted by Crippen LogP contribution is -2.13. The van der Waals surface area contributed by atoms with Crippen LogP contribution in [0.3, 0.4) is 0 Å². The Kier molecular flexibility index (Phi) is 2.12. The Balaban J connectivity index is 2.26. The summed E-state index contributed by atoms with van der Waals surface area (Å²) in [6, 6.07) is 9.53. The molecule has 0 aliphatic rings. The van der Waals surface area contributed by atoms with E-state index in [0.717, 1.165) is 5.56 Å². The molecular weight excluding hydrogens is 220 g/mol. The molecule has 8 heteroatoms. The molecule has 0 saturated carbocycles. The van der Waals surface area contributed by atoms with Crippen LogP contribution in [0.25, 0.3) is 17.0 Å². The van der Waals surface area contributed by atoms with Crippen molar-refractivity contribution in [2.75, 3.05) is 5.43 Å². The number of nitrogens with zero attached hydrogens (tertiary/aromatic N) is 6. The molecule has 1 aromatic carbocycles. The van der Waals surface area contributed by atoms with E-state index in [2.05, 4.69) is 31.0 Å². The van der Waals surface area contributed by atoms with Gasteiger partial charge in [-0.15, -0.1) is 5.10 Å². The average molecular weight is 228 g/mol. The van der Waals surface area contributed by atoms with Gasteiger partial charge in [-0.3, -0.25) is 0 Å². The SMILES string of the molecule is NNc1nc2nnnn2nc1-c1ccccc1. The largest absolute Gasteiger partial charge is 0.306 e. The zero-order chi connectivity index (χ0) is 11.7. The van der Waals surface area contributed by atoms with Gasteiger partial charge in [0.05, 0.1) is 0 Å². The molecule has 3 N–H and O–H groups in total. The van der Waals surface area contributed by atoms with Crippen LogP contribution < -0.4 is 11.3 Å². The number of nitrogen functional groups attached to an aromatic ring is 1. The first-order chi connectivity index (χ1) is 8.38. The molecule has 8 nitrogen and oxygen atoms in total. The second-order valence-corrected chi connectivity index (χ2v) is 3.29. The van der Waals surface area contributed by atoms with E-state index in [1.807, 2.05) is 30.3 Å². The first-order valence-corrected chi connectivity index (χ1v) is 4.87. The number of rotatable bonds is 2. The highest BCUT2D eigenvalue weighted by atomic mass is 15.6. The van der Waals surface area contributed by atoms with Gasteiger partial charge >= 0.3 is 0 Å². The lowest BCUT2D eigenvalue weighted by atomic mass is 10.1. The lowest BCUT2D eigenvalue weighted by molar-refractivity contribution is 0.730. The number of benzene rings is 1. The maximum Gasteiger partial charge on any atom is 0.293 e. The smallest absolute Gasteiger partial charge is 0.293 e. The number of aromatic nitrogens is 6. The van der Waals surface area contributed by atoms with Crippen molar-refractivity contribution in [3.8, 4) is 11.3 Å². The summed E-state index contributed by atoms with van der Waals surface area (Å²) in [5.41, 5.74) is 3.96. The van der Waals surface area contributed by atoms with Gasteiger partial charge in [0, 0.05) is 5.56 Å². The van der Waals surface area contributed by atoms with Crippen LogP contribution in [-0.4, -0.2) is 30.2 Å². The minimum Gasteiger partial charge on any atom is -0.306 e. The van der Waals surface area contributed by atoms with Crippen molar-refractivity contribution in [3.05, 3.63) is 30.3 Å². The van der Waals surface area contributed by atoms with Crippen LogP contribution in [0.4, 0.5) is 5.82 Å². The summed E-state index contributed by atoms with van der Waals surface area (Å²) >= 11 is 0. The molecule has 0 atom stereocenters. The first-order valence-electron chi connectivity index (χ1n) is 4.87. The standard InChI is InChI=1S/C9H8N8/c10-12-8-7(6-4-2-1-3-5-6)14-17-9(11-8)13-15-16-17/h1-5H,10H2,(H,11,12,13,16). The zero-order valence-corrected chi connectivity index (χ0v) is 8.65. The molecule has 2 heterocycles. The predicted octanol–water partition coefficient (Wildman–Crippen LogP) is -0.133. The van der Waals surface area contributed by atoms with Gasteiger partial charge in [-0.05, 0) is 10.4 Å². The van der Waals surface area contributed by atoms with Crippen molar-refractivity contribution in [1.29, 1.82) is 0 Å². The quantitative estimate of drug-likeness (QED) is 0.464. The van der Waals surface area contributed by atoms with Crippen molar-refractivity contribution in [2.45, 2.75) is 0 Å². The number of hydrogen-bond acceptors (Lipinski definition) is 7. The van der Waals surface area contributed by atoms with E-state index in [1.54, 1.807) is 0 Å². The molecule has 0 saturated heterocycles. The summed E-state index contributed by atoms with van der Waals surface area (Å²) in [6.07, 6.45) is 0. The minimum atomic E-state index is 0.289. The summed E-state index contributed by atoms with van der Waals surface area (Å²) < 4.78 is 1.25. The fourth-order valence-corrected chi connectivity index (χ4v) is 1.50. The normalized spacial score (nSPS) is 10.6. The second kappa shape index (κ2) is 3.76. The maximum atomic E-state index is 5.42. The monoisotopic (exact) mass is 228 g/mol. The van der Waals surface area contributed by atoms with Gasteiger partial charge < -0.3 is 5.43 Å². The molecule has 0 aliphatic carbocycles. The van der Waals surface area contributed by atoms with Crippen LogP contribution in [0.5, 0.6) is 0 Å². The number of nitrogens with one attached hydrogen (secondary N) is 1. The van der Waals surface area contributed by atoms with Gasteiger partial charge in [0.2, 0.25) is 0 Å². The van der Waals surface area contributed by atoms with Gasteiger partial charge in [-0.2, -0.15) is 4.98 Å². The molecule has 0 fully saturated rings.